The molecule has 2 unspecified atom stereocenters. The van der Waals surface area contributed by atoms with Gasteiger partial charge in [-0.1, -0.05) is 55.0 Å². The van der Waals surface area contributed by atoms with E-state index in [1.165, 1.54) is 24.3 Å². The zero-order valence-electron chi connectivity index (χ0n) is 22.9. The van der Waals surface area contributed by atoms with Gasteiger partial charge in [-0.15, -0.1) is 4.31 Å². The number of carbonyl (C=O) groups excluding carboxylic acids is 1. The van der Waals surface area contributed by atoms with Crippen LogP contribution in [0.1, 0.15) is 59.8 Å². The number of nitrogens with one attached hydrogen (secondary N) is 1. The summed E-state index contributed by atoms with van der Waals surface area (Å²) in [7, 11) is -4.25. The molecule has 3 N–H and O–H groups in total. The topological polar surface area (TPSA) is 107 Å². The summed E-state index contributed by atoms with van der Waals surface area (Å²) in [6, 6.07) is 18.1. The van der Waals surface area contributed by atoms with E-state index >= 15 is 0 Å². The van der Waals surface area contributed by atoms with Gasteiger partial charge in [0.05, 0.1) is 4.90 Å². The predicted octanol–water partition coefficient (Wildman–Crippen LogP) is 5.06. The lowest BCUT2D eigenvalue weighted by Gasteiger charge is -2.46. The number of phenols is 1. The Hall–Kier alpha value is -3.20. The number of sulfonamides is 1. The Balaban J connectivity index is 2.19. The van der Waals surface area contributed by atoms with Crippen molar-refractivity contribution in [1.82, 2.24) is 9.62 Å². The van der Waals surface area contributed by atoms with Crippen LogP contribution in [0.3, 0.4) is 0 Å². The molecule has 0 aliphatic carbocycles. The molecule has 7 nitrogen and oxygen atoms in total. The molecule has 0 aromatic heterocycles. The number of hydrogen-bond donors (Lipinski definition) is 3. The second-order valence-corrected chi connectivity index (χ2v) is 11.9. The minimum atomic E-state index is -4.25. The maximum absolute atomic E-state index is 14.1. The zero-order chi connectivity index (χ0) is 28.3. The molecule has 3 aromatic carbocycles. The monoisotopic (exact) mass is 538 g/mol. The Bertz CT molecular complexity index is 1370. The average molecular weight is 539 g/mol. The highest BCUT2D eigenvalue weighted by atomic mass is 32.2. The molecule has 2 atom stereocenters. The molecule has 0 spiro atoms. The standard InChI is InChI=1S/C30H38N2O5S/c1-7-25(19-24-11-9-8-10-12-24)30(35,31-29(34)27-17-18-28(33)23(6)22(27)5)32(20(2)3)38(36,37)26-15-13-21(4)14-16-26/h8-18,20,25,33,35H,7,19H2,1-6H3,(H,31,34). The van der Waals surface area contributed by atoms with Crippen molar-refractivity contribution in [3.8, 4) is 5.75 Å². The lowest BCUT2D eigenvalue weighted by Crippen LogP contribution is -2.68. The van der Waals surface area contributed by atoms with E-state index in [9.17, 15) is 23.4 Å². The van der Waals surface area contributed by atoms with Crippen molar-refractivity contribution in [2.45, 2.75) is 71.2 Å². The summed E-state index contributed by atoms with van der Waals surface area (Å²) in [5.41, 5.74) is 3.12. The third-order valence-electron chi connectivity index (χ3n) is 7.07. The number of nitrogens with zero attached hydrogens (tertiary/aromatic N) is 1. The molecule has 0 heterocycles. The van der Waals surface area contributed by atoms with Gasteiger partial charge >= 0.3 is 0 Å². The minimum absolute atomic E-state index is 0.0238. The van der Waals surface area contributed by atoms with Crippen molar-refractivity contribution < 1.29 is 23.4 Å². The molecule has 38 heavy (non-hydrogen) atoms. The first-order valence-electron chi connectivity index (χ1n) is 12.8. The highest BCUT2D eigenvalue weighted by molar-refractivity contribution is 7.89. The highest BCUT2D eigenvalue weighted by Crippen LogP contribution is 2.34. The Morgan fingerprint density at radius 2 is 1.55 bits per heavy atom. The number of phenolic OH excluding ortho intramolecular Hbond substituents is 1. The average Bonchev–Trinajstić information content (AvgIpc) is 2.86. The van der Waals surface area contributed by atoms with Crippen LogP contribution in [-0.4, -0.2) is 40.7 Å². The SMILES string of the molecule is CCC(Cc1ccccc1)C(O)(NC(=O)c1ccc(O)c(C)c1C)N(C(C)C)S(=O)(=O)c1ccc(C)cc1. The number of aromatic hydroxyl groups is 1. The largest absolute Gasteiger partial charge is 0.508 e. The van der Waals surface area contributed by atoms with Crippen molar-refractivity contribution in [3.05, 3.63) is 94.5 Å². The van der Waals surface area contributed by atoms with Crippen LogP contribution in [0, 0.1) is 26.7 Å². The molecule has 0 saturated heterocycles. The first kappa shape index (κ1) is 29.4. The number of aryl methyl sites for hydroxylation is 1. The molecule has 8 heteroatoms. The van der Waals surface area contributed by atoms with Crippen molar-refractivity contribution in [2.24, 2.45) is 5.92 Å². The van der Waals surface area contributed by atoms with E-state index in [0.717, 1.165) is 15.4 Å². The summed E-state index contributed by atoms with van der Waals surface area (Å²) in [4.78, 5) is 13.7. The van der Waals surface area contributed by atoms with Gasteiger partial charge in [-0.2, -0.15) is 0 Å². The lowest BCUT2D eigenvalue weighted by molar-refractivity contribution is -0.137. The predicted molar refractivity (Wildman–Crippen MR) is 149 cm³/mol. The third-order valence-corrected chi connectivity index (χ3v) is 9.16. The molecule has 3 aromatic rings. The summed E-state index contributed by atoms with van der Waals surface area (Å²) >= 11 is 0. The Morgan fingerprint density at radius 3 is 2.11 bits per heavy atom. The number of amides is 1. The first-order valence-corrected chi connectivity index (χ1v) is 14.3. The van der Waals surface area contributed by atoms with Crippen LogP contribution < -0.4 is 5.32 Å². The summed E-state index contributed by atoms with van der Waals surface area (Å²) in [5.74, 6) is -3.53. The van der Waals surface area contributed by atoms with Gasteiger partial charge in [0.25, 0.3) is 5.91 Å². The second-order valence-electron chi connectivity index (χ2n) is 10.1. The van der Waals surface area contributed by atoms with Crippen LogP contribution >= 0.6 is 0 Å². The van der Waals surface area contributed by atoms with Crippen LogP contribution in [-0.2, 0) is 16.4 Å². The number of carbonyl (C=O) groups is 1. The minimum Gasteiger partial charge on any atom is -0.508 e. The normalized spacial score (nSPS) is 14.3. The summed E-state index contributed by atoms with van der Waals surface area (Å²) in [6.45, 7) is 10.5. The van der Waals surface area contributed by atoms with Crippen molar-refractivity contribution in [2.75, 3.05) is 0 Å². The van der Waals surface area contributed by atoms with E-state index in [0.29, 0.717) is 24.0 Å². The molecular weight excluding hydrogens is 500 g/mol. The van der Waals surface area contributed by atoms with E-state index in [1.807, 2.05) is 44.2 Å². The molecule has 0 radical (unpaired) electrons. The summed E-state index contributed by atoms with van der Waals surface area (Å²) < 4.78 is 29.2. The highest BCUT2D eigenvalue weighted by Gasteiger charge is 2.50. The molecule has 0 bridgehead atoms. The van der Waals surface area contributed by atoms with Gasteiger partial charge in [-0.05, 0) is 88.4 Å². The molecule has 0 aliphatic heterocycles. The second kappa shape index (κ2) is 11.7. The van der Waals surface area contributed by atoms with Gasteiger partial charge in [0.15, 0.2) is 0 Å². The molecule has 0 saturated carbocycles. The van der Waals surface area contributed by atoms with E-state index < -0.39 is 33.7 Å². The summed E-state index contributed by atoms with van der Waals surface area (Å²) in [6.07, 6.45) is 0.709. The van der Waals surface area contributed by atoms with Crippen LogP contribution in [0.15, 0.2) is 71.6 Å². The maximum atomic E-state index is 14.1. The number of hydrogen-bond acceptors (Lipinski definition) is 5. The number of rotatable bonds is 10. The fourth-order valence-corrected chi connectivity index (χ4v) is 6.60. The van der Waals surface area contributed by atoms with Crippen LogP contribution in [0.2, 0.25) is 0 Å². The Morgan fingerprint density at radius 1 is 0.947 bits per heavy atom. The van der Waals surface area contributed by atoms with Crippen LogP contribution in [0.25, 0.3) is 0 Å². The third kappa shape index (κ3) is 5.93. The molecule has 204 valence electrons. The first-order chi connectivity index (χ1) is 17.8. The van der Waals surface area contributed by atoms with Crippen molar-refractivity contribution in [3.63, 3.8) is 0 Å². The zero-order valence-corrected chi connectivity index (χ0v) is 23.7. The molecular formula is C30H38N2O5S. The Kier molecular flexibility index (Phi) is 9.02. The van der Waals surface area contributed by atoms with Crippen LogP contribution in [0.4, 0.5) is 0 Å². The van der Waals surface area contributed by atoms with E-state index in [-0.39, 0.29) is 16.2 Å². The molecule has 3 rings (SSSR count). The van der Waals surface area contributed by atoms with E-state index in [4.69, 9.17) is 0 Å². The molecule has 1 amide bonds. The van der Waals surface area contributed by atoms with Gasteiger partial charge in [-0.3, -0.25) is 4.79 Å². The van der Waals surface area contributed by atoms with Crippen molar-refractivity contribution >= 4 is 15.9 Å². The quantitative estimate of drug-likeness (QED) is 0.313. The van der Waals surface area contributed by atoms with E-state index in [2.05, 4.69) is 5.32 Å². The van der Waals surface area contributed by atoms with E-state index in [1.54, 1.807) is 39.8 Å². The lowest BCUT2D eigenvalue weighted by atomic mass is 9.90. The van der Waals surface area contributed by atoms with Gasteiger partial charge in [0.2, 0.25) is 15.9 Å². The fourth-order valence-electron chi connectivity index (χ4n) is 4.77. The molecule has 0 aliphatic rings. The number of aliphatic hydroxyl groups is 1. The van der Waals surface area contributed by atoms with Crippen molar-refractivity contribution in [1.29, 1.82) is 0 Å². The van der Waals surface area contributed by atoms with Gasteiger partial charge in [-0.25, -0.2) is 8.42 Å². The van der Waals surface area contributed by atoms with Gasteiger partial charge < -0.3 is 15.5 Å². The van der Waals surface area contributed by atoms with Gasteiger partial charge in [0.1, 0.15) is 5.75 Å². The Labute approximate surface area is 226 Å². The maximum Gasteiger partial charge on any atom is 0.254 e. The van der Waals surface area contributed by atoms with Gasteiger partial charge in [0, 0.05) is 17.5 Å². The fraction of sp³-hybridized carbons (Fsp3) is 0.367. The number of benzene rings is 3. The summed E-state index contributed by atoms with van der Waals surface area (Å²) in [5, 5.41) is 25.2. The van der Waals surface area contributed by atoms with Crippen LogP contribution in [0.5, 0.6) is 5.75 Å². The molecule has 0 fully saturated rings. The smallest absolute Gasteiger partial charge is 0.254 e.